The van der Waals surface area contributed by atoms with Gasteiger partial charge in [0.05, 0.1) is 17.3 Å². The highest BCUT2D eigenvalue weighted by atomic mass is 15.3. The molecule has 7 nitrogen and oxygen atoms in total. The van der Waals surface area contributed by atoms with E-state index in [0.717, 1.165) is 48.5 Å². The third kappa shape index (κ3) is 3.46. The van der Waals surface area contributed by atoms with Gasteiger partial charge in [0.25, 0.3) is 0 Å². The van der Waals surface area contributed by atoms with Crippen molar-refractivity contribution in [2.45, 2.75) is 37.8 Å². The molecular weight excluding hydrogens is 326 g/mol. The van der Waals surface area contributed by atoms with Crippen molar-refractivity contribution in [1.82, 2.24) is 14.6 Å². The lowest BCUT2D eigenvalue weighted by molar-refractivity contribution is 0.410. The molecule has 7 heteroatoms. The Morgan fingerprint density at radius 3 is 2.65 bits per heavy atom. The van der Waals surface area contributed by atoms with Gasteiger partial charge in [-0.05, 0) is 49.9 Å². The number of nitrogens with one attached hydrogen (secondary N) is 2. The van der Waals surface area contributed by atoms with Crippen LogP contribution in [0.25, 0.3) is 5.65 Å². The number of aromatic nitrogens is 3. The van der Waals surface area contributed by atoms with Crippen molar-refractivity contribution < 1.29 is 0 Å². The van der Waals surface area contributed by atoms with Crippen LogP contribution in [-0.2, 0) is 0 Å². The molecule has 0 amide bonds. The lowest BCUT2D eigenvalue weighted by atomic mass is 9.92. The number of imidazole rings is 1. The van der Waals surface area contributed by atoms with E-state index in [9.17, 15) is 0 Å². The molecular formula is C19H21N7. The van der Waals surface area contributed by atoms with Crippen LogP contribution in [0.2, 0.25) is 0 Å². The molecule has 0 bridgehead atoms. The van der Waals surface area contributed by atoms with E-state index >= 15 is 0 Å². The standard InChI is InChI=1S/C19H21N7/c20-12-13-1-5-15(6-2-13)23-17-11-18(25-26-10-9-22-19(17)26)24-16-7-3-14(21)4-8-16/h1-2,5-6,9-11,14,16,23H,3-4,7-8,21H2,(H,24,25). The Bertz CT molecular complexity index is 931. The van der Waals surface area contributed by atoms with Crippen LogP contribution in [0.15, 0.2) is 42.7 Å². The van der Waals surface area contributed by atoms with Gasteiger partial charge in [-0.3, -0.25) is 0 Å². The molecule has 26 heavy (non-hydrogen) atoms. The highest BCUT2D eigenvalue weighted by molar-refractivity contribution is 5.75. The van der Waals surface area contributed by atoms with Crippen LogP contribution in [0.4, 0.5) is 17.2 Å². The van der Waals surface area contributed by atoms with Crippen LogP contribution in [-0.4, -0.2) is 26.7 Å². The summed E-state index contributed by atoms with van der Waals surface area (Å²) >= 11 is 0. The molecule has 4 N–H and O–H groups in total. The number of hydrogen-bond acceptors (Lipinski definition) is 6. The van der Waals surface area contributed by atoms with Gasteiger partial charge in [-0.15, -0.1) is 5.10 Å². The maximum atomic E-state index is 8.93. The Balaban J connectivity index is 1.59. The first-order valence-electron chi connectivity index (χ1n) is 8.85. The van der Waals surface area contributed by atoms with Crippen LogP contribution in [0.5, 0.6) is 0 Å². The lowest BCUT2D eigenvalue weighted by Crippen LogP contribution is -2.33. The summed E-state index contributed by atoms with van der Waals surface area (Å²) in [6, 6.07) is 12.2. The number of nitriles is 1. The smallest absolute Gasteiger partial charge is 0.177 e. The first-order chi connectivity index (χ1) is 12.7. The molecule has 1 fully saturated rings. The Hall–Kier alpha value is -3.11. The number of fused-ring (bicyclic) bond motifs is 1. The summed E-state index contributed by atoms with van der Waals surface area (Å²) in [7, 11) is 0. The van der Waals surface area contributed by atoms with Gasteiger partial charge in [0.2, 0.25) is 0 Å². The number of nitrogens with two attached hydrogens (primary N) is 1. The molecule has 1 aliphatic rings. The van der Waals surface area contributed by atoms with E-state index in [2.05, 4.69) is 26.8 Å². The van der Waals surface area contributed by atoms with Gasteiger partial charge < -0.3 is 16.4 Å². The van der Waals surface area contributed by atoms with Crippen LogP contribution in [0, 0.1) is 11.3 Å². The number of hydrogen-bond donors (Lipinski definition) is 3. The third-order valence-electron chi connectivity index (χ3n) is 4.78. The molecule has 1 saturated carbocycles. The van der Waals surface area contributed by atoms with E-state index in [4.69, 9.17) is 11.0 Å². The Kier molecular flexibility index (Phi) is 4.42. The molecule has 1 aromatic carbocycles. The van der Waals surface area contributed by atoms with Gasteiger partial charge in [-0.25, -0.2) is 9.50 Å². The topological polar surface area (TPSA) is 104 Å². The summed E-state index contributed by atoms with van der Waals surface area (Å²) in [4.78, 5) is 4.39. The molecule has 3 aromatic rings. The van der Waals surface area contributed by atoms with Crippen molar-refractivity contribution in [1.29, 1.82) is 5.26 Å². The van der Waals surface area contributed by atoms with Crippen LogP contribution in [0.3, 0.4) is 0 Å². The van der Waals surface area contributed by atoms with Crippen molar-refractivity contribution in [3.63, 3.8) is 0 Å². The summed E-state index contributed by atoms with van der Waals surface area (Å²) in [6.45, 7) is 0. The summed E-state index contributed by atoms with van der Waals surface area (Å²) in [6.07, 6.45) is 7.77. The summed E-state index contributed by atoms with van der Waals surface area (Å²) < 4.78 is 1.77. The van der Waals surface area contributed by atoms with E-state index < -0.39 is 0 Å². The van der Waals surface area contributed by atoms with Crippen molar-refractivity contribution in [2.75, 3.05) is 10.6 Å². The predicted octanol–water partition coefficient (Wildman–Crippen LogP) is 3.03. The number of rotatable bonds is 4. The Morgan fingerprint density at radius 2 is 1.92 bits per heavy atom. The molecule has 2 aromatic heterocycles. The minimum Gasteiger partial charge on any atom is -0.366 e. The minimum atomic E-state index is 0.325. The van der Waals surface area contributed by atoms with Gasteiger partial charge in [0.1, 0.15) is 5.82 Å². The van der Waals surface area contributed by atoms with Crippen LogP contribution in [0.1, 0.15) is 31.2 Å². The average Bonchev–Trinajstić information content (AvgIpc) is 3.13. The maximum absolute atomic E-state index is 8.93. The van der Waals surface area contributed by atoms with Crippen molar-refractivity contribution >= 4 is 22.8 Å². The zero-order chi connectivity index (χ0) is 17.9. The fourth-order valence-electron chi connectivity index (χ4n) is 3.34. The second-order valence-electron chi connectivity index (χ2n) is 6.71. The van der Waals surface area contributed by atoms with E-state index in [1.807, 2.05) is 24.4 Å². The fraction of sp³-hybridized carbons (Fsp3) is 0.316. The number of anilines is 3. The van der Waals surface area contributed by atoms with E-state index in [1.54, 1.807) is 22.8 Å². The molecule has 0 unspecified atom stereocenters. The second-order valence-corrected chi connectivity index (χ2v) is 6.71. The van der Waals surface area contributed by atoms with Crippen LogP contribution < -0.4 is 16.4 Å². The molecule has 1 aliphatic carbocycles. The molecule has 0 radical (unpaired) electrons. The van der Waals surface area contributed by atoms with E-state index in [1.165, 1.54) is 0 Å². The number of nitrogens with zero attached hydrogens (tertiary/aromatic N) is 4. The fourth-order valence-corrected chi connectivity index (χ4v) is 3.34. The van der Waals surface area contributed by atoms with Gasteiger partial charge in [-0.1, -0.05) is 0 Å². The van der Waals surface area contributed by atoms with Gasteiger partial charge in [-0.2, -0.15) is 5.26 Å². The van der Waals surface area contributed by atoms with Crippen molar-refractivity contribution in [3.05, 3.63) is 48.3 Å². The SMILES string of the molecule is N#Cc1ccc(Nc2cc(NC3CCC(N)CC3)nn3ccnc23)cc1. The summed E-state index contributed by atoms with van der Waals surface area (Å²) in [5, 5.41) is 20.4. The van der Waals surface area contributed by atoms with Crippen molar-refractivity contribution in [2.24, 2.45) is 5.73 Å². The second kappa shape index (κ2) is 7.02. The predicted molar refractivity (Wildman–Crippen MR) is 101 cm³/mol. The van der Waals surface area contributed by atoms with Gasteiger partial charge in [0.15, 0.2) is 5.65 Å². The largest absolute Gasteiger partial charge is 0.366 e. The zero-order valence-corrected chi connectivity index (χ0v) is 14.4. The van der Waals surface area contributed by atoms with Gasteiger partial charge >= 0.3 is 0 Å². The summed E-state index contributed by atoms with van der Waals surface area (Å²) in [5.74, 6) is 0.812. The average molecular weight is 347 g/mol. The van der Waals surface area contributed by atoms with E-state index in [0.29, 0.717) is 17.6 Å². The maximum Gasteiger partial charge on any atom is 0.177 e. The third-order valence-corrected chi connectivity index (χ3v) is 4.78. The summed E-state index contributed by atoms with van der Waals surface area (Å²) in [5.41, 5.74) is 9.15. The normalized spacial score (nSPS) is 19.8. The molecule has 0 aliphatic heterocycles. The quantitative estimate of drug-likeness (QED) is 0.670. The van der Waals surface area contributed by atoms with Gasteiger partial charge in [0, 0.05) is 36.2 Å². The molecule has 0 saturated heterocycles. The number of benzene rings is 1. The highest BCUT2D eigenvalue weighted by Gasteiger charge is 2.19. The Labute approximate surface area is 151 Å². The van der Waals surface area contributed by atoms with E-state index in [-0.39, 0.29) is 0 Å². The molecule has 4 rings (SSSR count). The Morgan fingerprint density at radius 1 is 1.15 bits per heavy atom. The first kappa shape index (κ1) is 16.4. The van der Waals surface area contributed by atoms with Crippen LogP contribution >= 0.6 is 0 Å². The monoisotopic (exact) mass is 347 g/mol. The molecule has 0 spiro atoms. The minimum absolute atomic E-state index is 0.325. The van der Waals surface area contributed by atoms with Crippen molar-refractivity contribution in [3.8, 4) is 6.07 Å². The highest BCUT2D eigenvalue weighted by Crippen LogP contribution is 2.26. The first-order valence-corrected chi connectivity index (χ1v) is 8.85. The lowest BCUT2D eigenvalue weighted by Gasteiger charge is -2.27. The molecule has 0 atom stereocenters. The molecule has 2 heterocycles. The molecule has 132 valence electrons. The zero-order valence-electron chi connectivity index (χ0n) is 14.4.